The number of hydrogen-bond acceptors (Lipinski definition) is 7. The first-order chi connectivity index (χ1) is 15.0. The summed E-state index contributed by atoms with van der Waals surface area (Å²) in [5.74, 6) is 0.846. The van der Waals surface area contributed by atoms with Crippen molar-refractivity contribution in [1.82, 2.24) is 14.8 Å². The molecular formula is C22H21ClN4O2S2. The van der Waals surface area contributed by atoms with Gasteiger partial charge in [0.05, 0.1) is 5.57 Å². The van der Waals surface area contributed by atoms with E-state index in [4.69, 9.17) is 21.4 Å². The van der Waals surface area contributed by atoms with E-state index in [-0.39, 0.29) is 6.61 Å². The maximum absolute atomic E-state index is 12.9. The van der Waals surface area contributed by atoms with Crippen molar-refractivity contribution in [2.45, 2.75) is 30.8 Å². The molecule has 0 bridgehead atoms. The van der Waals surface area contributed by atoms with Crippen molar-refractivity contribution in [3.63, 3.8) is 0 Å². The number of hydrogen-bond donors (Lipinski definition) is 1. The van der Waals surface area contributed by atoms with Crippen LogP contribution in [0, 0.1) is 6.92 Å². The van der Waals surface area contributed by atoms with Crippen LogP contribution in [0.5, 0.6) is 0 Å². The van der Waals surface area contributed by atoms with E-state index < -0.39 is 12.0 Å². The summed E-state index contributed by atoms with van der Waals surface area (Å²) in [6.07, 6.45) is 1.56. The summed E-state index contributed by atoms with van der Waals surface area (Å²) in [5.41, 5.74) is 3.33. The molecule has 0 spiro atoms. The quantitative estimate of drug-likeness (QED) is 0.274. The van der Waals surface area contributed by atoms with Gasteiger partial charge < -0.3 is 10.1 Å². The maximum Gasteiger partial charge on any atom is 0.338 e. The van der Waals surface area contributed by atoms with Crippen molar-refractivity contribution in [2.75, 3.05) is 11.9 Å². The number of aryl methyl sites for hydroxylation is 1. The molecule has 4 rings (SSSR count). The lowest BCUT2D eigenvalue weighted by Crippen LogP contribution is -2.29. The predicted molar refractivity (Wildman–Crippen MR) is 126 cm³/mol. The predicted octanol–water partition coefficient (Wildman–Crippen LogP) is 5.61. The molecule has 6 nitrogen and oxygen atoms in total. The summed E-state index contributed by atoms with van der Waals surface area (Å²) in [7, 11) is 0. The van der Waals surface area contributed by atoms with Gasteiger partial charge in [0.2, 0.25) is 11.1 Å². The van der Waals surface area contributed by atoms with E-state index in [1.54, 1.807) is 22.1 Å². The molecule has 1 aliphatic heterocycles. The highest BCUT2D eigenvalue weighted by atomic mass is 35.5. The Morgan fingerprint density at radius 2 is 2.19 bits per heavy atom. The molecule has 3 heterocycles. The highest BCUT2D eigenvalue weighted by Crippen LogP contribution is 2.40. The summed E-state index contributed by atoms with van der Waals surface area (Å²) < 4.78 is 7.15. The van der Waals surface area contributed by atoms with Crippen LogP contribution >= 0.6 is 34.7 Å². The van der Waals surface area contributed by atoms with Gasteiger partial charge in [-0.1, -0.05) is 54.2 Å². The summed E-state index contributed by atoms with van der Waals surface area (Å²) in [6.45, 7) is 7.66. The molecule has 1 unspecified atom stereocenters. The van der Waals surface area contributed by atoms with Crippen LogP contribution in [0.15, 0.2) is 64.8 Å². The minimum Gasteiger partial charge on any atom is -0.458 e. The Kier molecular flexibility index (Phi) is 6.50. The van der Waals surface area contributed by atoms with Crippen LogP contribution < -0.4 is 5.32 Å². The fourth-order valence-corrected chi connectivity index (χ4v) is 5.47. The largest absolute Gasteiger partial charge is 0.458 e. The lowest BCUT2D eigenvalue weighted by molar-refractivity contribution is -0.138. The second kappa shape index (κ2) is 9.30. The van der Waals surface area contributed by atoms with E-state index >= 15 is 0 Å². The third kappa shape index (κ3) is 4.42. The monoisotopic (exact) mass is 472 g/mol. The fraction of sp³-hybridized carbons (Fsp3) is 0.227. The second-order valence-electron chi connectivity index (χ2n) is 6.96. The Hall–Kier alpha value is -2.55. The van der Waals surface area contributed by atoms with E-state index in [1.165, 1.54) is 11.8 Å². The van der Waals surface area contributed by atoms with Gasteiger partial charge in [-0.2, -0.15) is 4.98 Å². The topological polar surface area (TPSA) is 69.0 Å². The lowest BCUT2D eigenvalue weighted by atomic mass is 10.00. The molecule has 1 atom stereocenters. The molecule has 0 saturated carbocycles. The van der Waals surface area contributed by atoms with Gasteiger partial charge in [0.15, 0.2) is 0 Å². The van der Waals surface area contributed by atoms with Crippen LogP contribution in [-0.4, -0.2) is 27.3 Å². The van der Waals surface area contributed by atoms with Crippen molar-refractivity contribution < 1.29 is 9.53 Å². The molecule has 0 saturated heterocycles. The molecule has 0 radical (unpaired) electrons. The maximum atomic E-state index is 12.9. The third-order valence-corrected chi connectivity index (χ3v) is 7.18. The van der Waals surface area contributed by atoms with E-state index in [2.05, 4.69) is 16.9 Å². The first kappa shape index (κ1) is 21.7. The van der Waals surface area contributed by atoms with E-state index in [0.717, 1.165) is 16.0 Å². The number of carbonyl (C=O) groups excluding carboxylic acids is 1. The Bertz CT molecular complexity index is 1170. The van der Waals surface area contributed by atoms with Crippen LogP contribution in [0.4, 0.5) is 5.95 Å². The number of fused-ring (bicyclic) bond motifs is 1. The van der Waals surface area contributed by atoms with E-state index in [0.29, 0.717) is 33.2 Å². The Morgan fingerprint density at radius 1 is 1.39 bits per heavy atom. The number of thiophene rings is 1. The number of aromatic nitrogens is 3. The second-order valence-corrected chi connectivity index (χ2v) is 9.26. The zero-order valence-electron chi connectivity index (χ0n) is 17.1. The summed E-state index contributed by atoms with van der Waals surface area (Å²) in [5, 5.41) is 11.3. The molecule has 1 aromatic carbocycles. The summed E-state index contributed by atoms with van der Waals surface area (Å²) in [6, 6.07) is 9.35. The molecule has 1 aliphatic rings. The van der Waals surface area contributed by atoms with Crippen molar-refractivity contribution in [2.24, 2.45) is 0 Å². The van der Waals surface area contributed by atoms with Crippen molar-refractivity contribution in [1.29, 1.82) is 0 Å². The van der Waals surface area contributed by atoms with Crippen molar-refractivity contribution >= 4 is 46.6 Å². The first-order valence-electron chi connectivity index (χ1n) is 9.62. The number of nitrogens with zero attached hydrogens (tertiary/aromatic N) is 3. The van der Waals surface area contributed by atoms with Crippen molar-refractivity contribution in [3.05, 3.63) is 80.7 Å². The standard InChI is InChI=1S/C22H21ClN4O2S2/c1-4-10-29-20(28)17-14(3)24-21-25-22(31-12-15-7-5-6-8-16(15)23)26-27(21)18(17)19-13(2)9-11-30-19/h4-9,11,18H,1,10,12H2,2-3H3,(H,24,25,26). The highest BCUT2D eigenvalue weighted by Gasteiger charge is 2.36. The normalized spacial score (nSPS) is 15.4. The van der Waals surface area contributed by atoms with E-state index in [9.17, 15) is 4.79 Å². The van der Waals surface area contributed by atoms with Gasteiger partial charge in [0, 0.05) is 21.3 Å². The number of carbonyl (C=O) groups is 1. The number of nitrogens with one attached hydrogen (secondary N) is 1. The molecule has 31 heavy (non-hydrogen) atoms. The molecule has 1 N–H and O–H groups in total. The number of allylic oxidation sites excluding steroid dienone is 1. The molecule has 9 heteroatoms. The van der Waals surface area contributed by atoms with Gasteiger partial charge in [-0.25, -0.2) is 9.48 Å². The zero-order chi connectivity index (χ0) is 22.0. The summed E-state index contributed by atoms with van der Waals surface area (Å²) >= 11 is 9.36. The van der Waals surface area contributed by atoms with Crippen molar-refractivity contribution in [3.8, 4) is 0 Å². The molecule has 0 amide bonds. The van der Waals surface area contributed by atoms with Crippen LogP contribution in [-0.2, 0) is 15.3 Å². The smallest absolute Gasteiger partial charge is 0.338 e. The molecule has 2 aromatic heterocycles. The fourth-order valence-electron chi connectivity index (χ4n) is 3.33. The SMILES string of the molecule is C=CCOC(=O)C1=C(C)Nc2nc(SCc3ccccc3Cl)nn2C1c1sccc1C. The average molecular weight is 473 g/mol. The van der Waals surface area contributed by atoms with Gasteiger partial charge in [0.25, 0.3) is 0 Å². The third-order valence-electron chi connectivity index (χ3n) is 4.85. The lowest BCUT2D eigenvalue weighted by Gasteiger charge is -2.27. The minimum atomic E-state index is -0.407. The first-order valence-corrected chi connectivity index (χ1v) is 11.9. The van der Waals surface area contributed by atoms with Crippen LogP contribution in [0.25, 0.3) is 0 Å². The summed E-state index contributed by atoms with van der Waals surface area (Å²) in [4.78, 5) is 18.6. The van der Waals surface area contributed by atoms with E-state index in [1.807, 2.05) is 49.6 Å². The van der Waals surface area contributed by atoms with Crippen LogP contribution in [0.2, 0.25) is 5.02 Å². The highest BCUT2D eigenvalue weighted by molar-refractivity contribution is 7.98. The van der Waals surface area contributed by atoms with Gasteiger partial charge >= 0.3 is 5.97 Å². The van der Waals surface area contributed by atoms with Crippen LogP contribution in [0.1, 0.15) is 29.0 Å². The number of ether oxygens (including phenoxy) is 1. The molecule has 160 valence electrons. The number of benzene rings is 1. The Balaban J connectivity index is 1.68. The molecular weight excluding hydrogens is 452 g/mol. The minimum absolute atomic E-state index is 0.148. The number of thioether (sulfide) groups is 1. The van der Waals surface area contributed by atoms with Gasteiger partial charge in [0.1, 0.15) is 12.6 Å². The number of esters is 1. The Labute approximate surface area is 194 Å². The molecule has 3 aromatic rings. The average Bonchev–Trinajstić information content (AvgIpc) is 3.36. The van der Waals surface area contributed by atoms with Gasteiger partial charge in [-0.3, -0.25) is 0 Å². The van der Waals surface area contributed by atoms with Gasteiger partial charge in [-0.05, 0) is 42.5 Å². The van der Waals surface area contributed by atoms with Gasteiger partial charge in [-0.15, -0.1) is 16.4 Å². The number of rotatable bonds is 7. The molecule has 0 fully saturated rings. The number of halogens is 1. The zero-order valence-corrected chi connectivity index (χ0v) is 19.5. The molecule has 0 aliphatic carbocycles. The Morgan fingerprint density at radius 3 is 2.90 bits per heavy atom. The van der Waals surface area contributed by atoms with Crippen LogP contribution in [0.3, 0.4) is 0 Å². The number of anilines is 1.